The highest BCUT2D eigenvalue weighted by molar-refractivity contribution is 6.23. The van der Waals surface area contributed by atoms with Crippen molar-refractivity contribution in [1.29, 1.82) is 0 Å². The van der Waals surface area contributed by atoms with Gasteiger partial charge >= 0.3 is 24.0 Å². The Hall–Kier alpha value is -8.62. The van der Waals surface area contributed by atoms with Crippen molar-refractivity contribution in [2.75, 3.05) is 25.7 Å². The number of cyclic esters (lactones) is 1. The summed E-state index contributed by atoms with van der Waals surface area (Å²) in [6, 6.07) is 30.2. The van der Waals surface area contributed by atoms with Crippen molar-refractivity contribution in [3.8, 4) is 17.6 Å². The summed E-state index contributed by atoms with van der Waals surface area (Å²) in [5.41, 5.74) is -0.103. The summed E-state index contributed by atoms with van der Waals surface area (Å²) in [5, 5.41) is 24.8. The first-order valence-electron chi connectivity index (χ1n) is 21.6. The monoisotopic (exact) mass is 932 g/mol. The van der Waals surface area contributed by atoms with Crippen LogP contribution in [0.4, 0.5) is 16.2 Å². The van der Waals surface area contributed by atoms with Crippen LogP contribution in [0.3, 0.4) is 0 Å². The summed E-state index contributed by atoms with van der Waals surface area (Å²) < 4.78 is 21.8. The molecule has 17 nitrogen and oxygen atoms in total. The summed E-state index contributed by atoms with van der Waals surface area (Å²) in [7, 11) is 2.24. The Labute approximate surface area is 395 Å². The number of fused-ring (bicyclic) bond motifs is 3. The molecule has 0 bridgehead atoms. The van der Waals surface area contributed by atoms with E-state index in [0.29, 0.717) is 22.3 Å². The lowest BCUT2D eigenvalue weighted by Crippen LogP contribution is -2.55. The predicted molar refractivity (Wildman–Crippen MR) is 246 cm³/mol. The van der Waals surface area contributed by atoms with Crippen LogP contribution in [0.2, 0.25) is 0 Å². The zero-order valence-corrected chi connectivity index (χ0v) is 37.2. The van der Waals surface area contributed by atoms with Gasteiger partial charge in [0.25, 0.3) is 5.69 Å². The number of aromatic hydroxyl groups is 1. The van der Waals surface area contributed by atoms with Gasteiger partial charge in [0.05, 0.1) is 42.8 Å². The second-order valence-corrected chi connectivity index (χ2v) is 16.3. The van der Waals surface area contributed by atoms with Crippen molar-refractivity contribution in [2.24, 2.45) is 11.8 Å². The number of nitrogens with one attached hydrogen (secondary N) is 1. The number of hydrogen-bond donors (Lipinski definition) is 2. The predicted octanol–water partition coefficient (Wildman–Crippen LogP) is 6.31. The van der Waals surface area contributed by atoms with Crippen molar-refractivity contribution in [3.05, 3.63) is 184 Å². The highest BCUT2D eigenvalue weighted by Crippen LogP contribution is 2.66. The summed E-state index contributed by atoms with van der Waals surface area (Å²) in [6.07, 6.45) is -1.07. The number of anilines is 1. The fourth-order valence-corrected chi connectivity index (χ4v) is 9.63. The third-order valence-electron chi connectivity index (χ3n) is 12.6. The molecule has 2 fully saturated rings. The number of ether oxygens (including phenoxy) is 4. The van der Waals surface area contributed by atoms with Gasteiger partial charge in [0, 0.05) is 30.7 Å². The van der Waals surface area contributed by atoms with E-state index in [9.17, 15) is 29.6 Å². The van der Waals surface area contributed by atoms with E-state index >= 15 is 14.4 Å². The second kappa shape index (κ2) is 19.7. The number of carbonyl (C=O) groups excluding carboxylic acids is 6. The molecule has 2 N–H and O–H groups in total. The molecular formula is C52H44N4O13. The van der Waals surface area contributed by atoms with Gasteiger partial charge in [-0.05, 0) is 70.3 Å². The topological polar surface area (TPSA) is 221 Å². The molecule has 69 heavy (non-hydrogen) atoms. The number of nitrogens with zero attached hydrogens (tertiary/aromatic N) is 3. The standard InChI is InChI=1S/C52H44N4O13/c1-4-28-53-46(58)41-43-49(61)69-44(34-15-9-6-10-16-34)42(33-13-7-5-8-14-33)55(43)45(35-21-25-37(57)26-22-35)52(41)39-29-31(12-11-17-38(47(59)66-2)48(60)67-3)20-27-40(39)54(50(52)62)51(63)68-30-32-18-23-36(24-19-32)56(64)65/h4-10,13-16,18-27,29,38,41-45,57H,1,17,28,30H2,2-3H3,(H,53,58)/t41-,42-,43-,44+,45+,52-/m0/s1. The number of phenols is 1. The maximum atomic E-state index is 16.3. The Bertz CT molecular complexity index is 2880. The van der Waals surface area contributed by atoms with Crippen LogP contribution in [0, 0.1) is 33.8 Å². The molecule has 0 aromatic heterocycles. The van der Waals surface area contributed by atoms with E-state index in [1.807, 2.05) is 36.4 Å². The van der Waals surface area contributed by atoms with Gasteiger partial charge in [-0.3, -0.25) is 39.0 Å². The molecule has 0 saturated carbocycles. The summed E-state index contributed by atoms with van der Waals surface area (Å²) in [6.45, 7) is 3.25. The van der Waals surface area contributed by atoms with Gasteiger partial charge in [-0.1, -0.05) is 90.7 Å². The quantitative estimate of drug-likeness (QED) is 0.0266. The maximum Gasteiger partial charge on any atom is 0.421 e. The van der Waals surface area contributed by atoms with Crippen LogP contribution in [0.1, 0.15) is 58.0 Å². The summed E-state index contributed by atoms with van der Waals surface area (Å²) in [4.78, 5) is 99.8. The van der Waals surface area contributed by atoms with Crippen LogP contribution in [-0.2, 0) is 54.9 Å². The first-order chi connectivity index (χ1) is 33.3. The van der Waals surface area contributed by atoms with Crippen LogP contribution in [0.25, 0.3) is 0 Å². The summed E-state index contributed by atoms with van der Waals surface area (Å²) >= 11 is 0. The van der Waals surface area contributed by atoms with Crippen molar-refractivity contribution in [1.82, 2.24) is 10.2 Å². The third-order valence-corrected chi connectivity index (χ3v) is 12.6. The number of rotatable bonds is 12. The van der Waals surface area contributed by atoms with Crippen LogP contribution >= 0.6 is 0 Å². The number of benzene rings is 5. The molecule has 17 heteroatoms. The Kier molecular flexibility index (Phi) is 13.4. The van der Waals surface area contributed by atoms with E-state index < -0.39 is 88.8 Å². The number of imide groups is 1. The molecule has 0 unspecified atom stereocenters. The molecule has 3 amide bonds. The van der Waals surface area contributed by atoms with Gasteiger partial charge in [-0.2, -0.15) is 0 Å². The van der Waals surface area contributed by atoms with Crippen LogP contribution in [0.15, 0.2) is 140 Å². The van der Waals surface area contributed by atoms with E-state index in [4.69, 9.17) is 18.9 Å². The minimum absolute atomic E-state index is 0.0179. The van der Waals surface area contributed by atoms with E-state index in [1.165, 1.54) is 60.7 Å². The van der Waals surface area contributed by atoms with Crippen molar-refractivity contribution < 1.29 is 57.7 Å². The van der Waals surface area contributed by atoms with Crippen molar-refractivity contribution in [2.45, 2.75) is 42.7 Å². The average molecular weight is 933 g/mol. The number of esters is 3. The molecule has 5 aromatic carbocycles. The van der Waals surface area contributed by atoms with Crippen LogP contribution in [-0.4, -0.2) is 77.6 Å². The van der Waals surface area contributed by atoms with E-state index in [1.54, 1.807) is 41.3 Å². The first kappa shape index (κ1) is 46.9. The zero-order chi connectivity index (χ0) is 49.0. The fourth-order valence-electron chi connectivity index (χ4n) is 9.63. The molecular weight excluding hydrogens is 889 g/mol. The number of phenolic OH excluding ortho intramolecular Hbond substituents is 1. The van der Waals surface area contributed by atoms with E-state index in [-0.39, 0.29) is 41.2 Å². The molecule has 5 aromatic rings. The van der Waals surface area contributed by atoms with Crippen molar-refractivity contribution in [3.63, 3.8) is 0 Å². The first-order valence-corrected chi connectivity index (χ1v) is 21.6. The van der Waals surface area contributed by atoms with Gasteiger partial charge in [0.1, 0.15) is 29.9 Å². The lowest BCUT2D eigenvalue weighted by molar-refractivity contribution is -0.384. The van der Waals surface area contributed by atoms with Crippen LogP contribution in [0.5, 0.6) is 5.75 Å². The number of methoxy groups -OCH3 is 2. The van der Waals surface area contributed by atoms with Crippen molar-refractivity contribution >= 4 is 47.2 Å². The molecule has 0 radical (unpaired) electrons. The lowest BCUT2D eigenvalue weighted by Gasteiger charge is -2.46. The molecule has 3 aliphatic rings. The number of nitro benzene ring substituents is 1. The average Bonchev–Trinajstić information content (AvgIpc) is 3.82. The van der Waals surface area contributed by atoms with Gasteiger partial charge < -0.3 is 29.4 Å². The maximum absolute atomic E-state index is 16.3. The normalized spacial score (nSPS) is 21.3. The Balaban J connectivity index is 1.39. The minimum atomic E-state index is -2.20. The molecule has 1 spiro atoms. The molecule has 350 valence electrons. The highest BCUT2D eigenvalue weighted by atomic mass is 16.6. The Morgan fingerprint density at radius 1 is 0.870 bits per heavy atom. The number of hydrogen-bond acceptors (Lipinski definition) is 14. The second-order valence-electron chi connectivity index (χ2n) is 16.3. The Morgan fingerprint density at radius 2 is 1.51 bits per heavy atom. The number of morpholine rings is 1. The van der Waals surface area contributed by atoms with Gasteiger partial charge in [0.2, 0.25) is 11.8 Å². The third kappa shape index (κ3) is 8.53. The highest BCUT2D eigenvalue weighted by Gasteiger charge is 2.75. The van der Waals surface area contributed by atoms with Gasteiger partial charge in [0.15, 0.2) is 5.92 Å². The van der Waals surface area contributed by atoms with E-state index in [2.05, 4.69) is 23.7 Å². The molecule has 2 saturated heterocycles. The number of nitro groups is 1. The van der Waals surface area contributed by atoms with Gasteiger partial charge in [-0.25, -0.2) is 9.69 Å². The molecule has 6 atom stereocenters. The molecule has 3 heterocycles. The number of carbonyl (C=O) groups is 6. The SMILES string of the molecule is C=CCNC(=O)[C@@H]1[C@H]2C(=O)O[C@H](c3ccccc3)[C@H](c3ccccc3)N2[C@H](c2ccc(O)cc2)[C@@]12C(=O)N(C(=O)OCc1ccc([N+](=O)[O-])cc1)c1ccc(C#CCC(C(=O)OC)C(=O)OC)cc12. The largest absolute Gasteiger partial charge is 0.508 e. The van der Waals surface area contributed by atoms with E-state index in [0.717, 1.165) is 19.1 Å². The molecule has 3 aliphatic heterocycles. The number of non-ortho nitro benzene ring substituents is 1. The lowest BCUT2D eigenvalue weighted by atomic mass is 9.65. The van der Waals surface area contributed by atoms with Gasteiger partial charge in [-0.15, -0.1) is 6.58 Å². The zero-order valence-electron chi connectivity index (χ0n) is 37.2. The summed E-state index contributed by atoms with van der Waals surface area (Å²) in [5.74, 6) is -1.68. The molecule has 0 aliphatic carbocycles. The van der Waals surface area contributed by atoms with Crippen LogP contribution < -0.4 is 10.2 Å². The smallest absolute Gasteiger partial charge is 0.421 e. The number of amides is 3. The minimum Gasteiger partial charge on any atom is -0.508 e. The Morgan fingerprint density at radius 3 is 2.12 bits per heavy atom. The molecule has 8 rings (SSSR count). The fraction of sp³-hybridized carbons (Fsp3) is 0.231.